The molecule has 0 bridgehead atoms. The Hall–Kier alpha value is -1.35. The van der Waals surface area contributed by atoms with E-state index in [1.54, 1.807) is 0 Å². The molecule has 0 aliphatic heterocycles. The molecule has 1 aromatic heterocycles. The number of benzene rings is 1. The first-order valence-electron chi connectivity index (χ1n) is 6.33. The average molecular weight is 231 g/mol. The number of imidazole rings is 1. The molecule has 2 rings (SSSR count). The average Bonchev–Trinajstić information content (AvgIpc) is 2.63. The summed E-state index contributed by atoms with van der Waals surface area (Å²) in [6.07, 6.45) is 1.03. The molecule has 0 atom stereocenters. The molecule has 17 heavy (non-hydrogen) atoms. The van der Waals surface area contributed by atoms with Gasteiger partial charge in [-0.15, -0.1) is 0 Å². The molecule has 0 amide bonds. The highest BCUT2D eigenvalue weighted by atomic mass is 15.1. The maximum absolute atomic E-state index is 5.66. The Balaban J connectivity index is 2.53. The van der Waals surface area contributed by atoms with Crippen LogP contribution in [0.2, 0.25) is 0 Å². The summed E-state index contributed by atoms with van der Waals surface area (Å²) in [7, 11) is 0. The molecule has 0 spiro atoms. The van der Waals surface area contributed by atoms with Gasteiger partial charge in [0.15, 0.2) is 0 Å². The Labute approximate surface area is 103 Å². The number of rotatable bonds is 4. The first kappa shape index (κ1) is 12.1. The van der Waals surface area contributed by atoms with Crippen molar-refractivity contribution < 1.29 is 0 Å². The van der Waals surface area contributed by atoms with Crippen molar-refractivity contribution in [2.45, 2.75) is 40.3 Å². The lowest BCUT2D eigenvalue weighted by Gasteiger charge is -2.07. The normalized spacial score (nSPS) is 11.6. The van der Waals surface area contributed by atoms with Crippen molar-refractivity contribution in [2.75, 3.05) is 0 Å². The zero-order chi connectivity index (χ0) is 12.4. The minimum atomic E-state index is 0.578. The molecule has 3 heteroatoms. The van der Waals surface area contributed by atoms with Gasteiger partial charge in [-0.1, -0.05) is 19.9 Å². The van der Waals surface area contributed by atoms with Crippen molar-refractivity contribution in [3.8, 4) is 0 Å². The van der Waals surface area contributed by atoms with Crippen molar-refractivity contribution in [2.24, 2.45) is 11.7 Å². The Kier molecular flexibility index (Phi) is 3.48. The second kappa shape index (κ2) is 4.88. The van der Waals surface area contributed by atoms with Crippen molar-refractivity contribution in [3.63, 3.8) is 0 Å². The summed E-state index contributed by atoms with van der Waals surface area (Å²) in [4.78, 5) is 4.74. The SMILES string of the molecule is CCn1c(CC(C)C)nc2cc(CN)ccc21. The van der Waals surface area contributed by atoms with E-state index in [0.717, 1.165) is 24.0 Å². The van der Waals surface area contributed by atoms with Crippen molar-refractivity contribution in [3.05, 3.63) is 29.6 Å². The second-order valence-electron chi connectivity index (χ2n) is 4.90. The summed E-state index contributed by atoms with van der Waals surface area (Å²) in [6, 6.07) is 6.33. The van der Waals surface area contributed by atoms with E-state index in [4.69, 9.17) is 10.7 Å². The molecule has 0 saturated carbocycles. The molecule has 92 valence electrons. The van der Waals surface area contributed by atoms with Gasteiger partial charge in [0.2, 0.25) is 0 Å². The Bertz CT molecular complexity index is 511. The first-order valence-corrected chi connectivity index (χ1v) is 6.33. The van der Waals surface area contributed by atoms with Crippen molar-refractivity contribution >= 4 is 11.0 Å². The molecule has 1 heterocycles. The molecular weight excluding hydrogens is 210 g/mol. The maximum atomic E-state index is 5.66. The van der Waals surface area contributed by atoms with E-state index < -0.39 is 0 Å². The molecule has 0 aliphatic rings. The minimum absolute atomic E-state index is 0.578. The number of hydrogen-bond acceptors (Lipinski definition) is 2. The fraction of sp³-hybridized carbons (Fsp3) is 0.500. The number of hydrogen-bond donors (Lipinski definition) is 1. The van der Waals surface area contributed by atoms with Crippen LogP contribution < -0.4 is 5.73 Å². The molecule has 0 aliphatic carbocycles. The summed E-state index contributed by atoms with van der Waals surface area (Å²) in [5.41, 5.74) is 9.11. The highest BCUT2D eigenvalue weighted by Crippen LogP contribution is 2.19. The number of aryl methyl sites for hydroxylation is 1. The van der Waals surface area contributed by atoms with Crippen LogP contribution in [0.3, 0.4) is 0 Å². The molecule has 0 saturated heterocycles. The van der Waals surface area contributed by atoms with E-state index in [-0.39, 0.29) is 0 Å². The third-order valence-electron chi connectivity index (χ3n) is 3.03. The van der Waals surface area contributed by atoms with Crippen molar-refractivity contribution in [1.29, 1.82) is 0 Å². The van der Waals surface area contributed by atoms with Gasteiger partial charge in [-0.05, 0) is 30.5 Å². The molecule has 0 fully saturated rings. The largest absolute Gasteiger partial charge is 0.328 e. The van der Waals surface area contributed by atoms with Crippen LogP contribution in [0.4, 0.5) is 0 Å². The molecular formula is C14H21N3. The van der Waals surface area contributed by atoms with Gasteiger partial charge in [0.25, 0.3) is 0 Å². The fourth-order valence-electron chi connectivity index (χ4n) is 2.23. The van der Waals surface area contributed by atoms with E-state index in [2.05, 4.69) is 43.5 Å². The van der Waals surface area contributed by atoms with Crippen LogP contribution in [0.15, 0.2) is 18.2 Å². The predicted molar refractivity (Wildman–Crippen MR) is 71.8 cm³/mol. The third-order valence-corrected chi connectivity index (χ3v) is 3.03. The van der Waals surface area contributed by atoms with Crippen LogP contribution in [0, 0.1) is 5.92 Å². The highest BCUT2D eigenvalue weighted by molar-refractivity contribution is 5.77. The Morgan fingerprint density at radius 1 is 1.35 bits per heavy atom. The van der Waals surface area contributed by atoms with Gasteiger partial charge in [0.1, 0.15) is 5.82 Å². The Morgan fingerprint density at radius 2 is 2.12 bits per heavy atom. The van der Waals surface area contributed by atoms with Crippen LogP contribution in [0.25, 0.3) is 11.0 Å². The fourth-order valence-corrected chi connectivity index (χ4v) is 2.23. The number of fused-ring (bicyclic) bond motifs is 1. The molecule has 1 aromatic carbocycles. The second-order valence-corrected chi connectivity index (χ2v) is 4.90. The standard InChI is InChI=1S/C14H21N3/c1-4-17-13-6-5-11(9-15)8-12(13)16-14(17)7-10(2)3/h5-6,8,10H,4,7,9,15H2,1-3H3. The summed E-state index contributed by atoms with van der Waals surface area (Å²) < 4.78 is 2.30. The molecule has 2 aromatic rings. The quantitative estimate of drug-likeness (QED) is 0.879. The number of nitrogens with zero attached hydrogens (tertiary/aromatic N) is 2. The summed E-state index contributed by atoms with van der Waals surface area (Å²) in [6.45, 7) is 8.17. The minimum Gasteiger partial charge on any atom is -0.328 e. The van der Waals surface area contributed by atoms with Crippen LogP contribution >= 0.6 is 0 Å². The van der Waals surface area contributed by atoms with Gasteiger partial charge in [-0.2, -0.15) is 0 Å². The van der Waals surface area contributed by atoms with Crippen molar-refractivity contribution in [1.82, 2.24) is 9.55 Å². The van der Waals surface area contributed by atoms with E-state index in [1.165, 1.54) is 11.3 Å². The lowest BCUT2D eigenvalue weighted by Crippen LogP contribution is -2.05. The van der Waals surface area contributed by atoms with E-state index >= 15 is 0 Å². The van der Waals surface area contributed by atoms with Crippen LogP contribution in [-0.2, 0) is 19.5 Å². The first-order chi connectivity index (χ1) is 8.15. The lowest BCUT2D eigenvalue weighted by atomic mass is 10.1. The molecule has 0 unspecified atom stereocenters. The topological polar surface area (TPSA) is 43.8 Å². The van der Waals surface area contributed by atoms with E-state index in [9.17, 15) is 0 Å². The van der Waals surface area contributed by atoms with Gasteiger partial charge in [-0.25, -0.2) is 4.98 Å². The third kappa shape index (κ3) is 2.34. The lowest BCUT2D eigenvalue weighted by molar-refractivity contribution is 0.590. The van der Waals surface area contributed by atoms with Crippen LogP contribution in [-0.4, -0.2) is 9.55 Å². The smallest absolute Gasteiger partial charge is 0.110 e. The zero-order valence-electron chi connectivity index (χ0n) is 10.9. The number of aromatic nitrogens is 2. The van der Waals surface area contributed by atoms with Crippen LogP contribution in [0.1, 0.15) is 32.2 Å². The monoisotopic (exact) mass is 231 g/mol. The predicted octanol–water partition coefficient (Wildman–Crippen LogP) is 2.71. The van der Waals surface area contributed by atoms with Gasteiger partial charge in [0, 0.05) is 19.5 Å². The number of nitrogens with two attached hydrogens (primary N) is 1. The maximum Gasteiger partial charge on any atom is 0.110 e. The van der Waals surface area contributed by atoms with E-state index in [1.807, 2.05) is 0 Å². The summed E-state index contributed by atoms with van der Waals surface area (Å²) >= 11 is 0. The molecule has 3 nitrogen and oxygen atoms in total. The Morgan fingerprint density at radius 3 is 2.71 bits per heavy atom. The molecule has 2 N–H and O–H groups in total. The van der Waals surface area contributed by atoms with Gasteiger partial charge < -0.3 is 10.3 Å². The molecule has 0 radical (unpaired) electrons. The van der Waals surface area contributed by atoms with Gasteiger partial charge >= 0.3 is 0 Å². The summed E-state index contributed by atoms with van der Waals surface area (Å²) in [5, 5.41) is 0. The highest BCUT2D eigenvalue weighted by Gasteiger charge is 2.10. The van der Waals surface area contributed by atoms with Gasteiger partial charge in [0.05, 0.1) is 11.0 Å². The van der Waals surface area contributed by atoms with E-state index in [0.29, 0.717) is 12.5 Å². The summed E-state index contributed by atoms with van der Waals surface area (Å²) in [5.74, 6) is 1.82. The van der Waals surface area contributed by atoms with Crippen LogP contribution in [0.5, 0.6) is 0 Å². The zero-order valence-corrected chi connectivity index (χ0v) is 10.9. The van der Waals surface area contributed by atoms with Gasteiger partial charge in [-0.3, -0.25) is 0 Å².